The molecular weight excluding hydrogens is 371 g/mol. The number of aryl methyl sites for hydroxylation is 1. The van der Waals surface area contributed by atoms with Crippen LogP contribution in [0.1, 0.15) is 24.0 Å². The van der Waals surface area contributed by atoms with E-state index in [0.29, 0.717) is 19.7 Å². The van der Waals surface area contributed by atoms with Crippen LogP contribution in [0.3, 0.4) is 0 Å². The van der Waals surface area contributed by atoms with Crippen LogP contribution in [0.4, 0.5) is 4.39 Å². The van der Waals surface area contributed by atoms with Crippen LogP contribution in [-0.4, -0.2) is 49.3 Å². The van der Waals surface area contributed by atoms with E-state index >= 15 is 0 Å². The maximum atomic E-state index is 13.1. The zero-order valence-corrected chi connectivity index (χ0v) is 16.5. The van der Waals surface area contributed by atoms with Gasteiger partial charge in [0.1, 0.15) is 11.6 Å². The number of rotatable bonds is 2. The lowest BCUT2D eigenvalue weighted by Gasteiger charge is -2.20. The highest BCUT2D eigenvalue weighted by Gasteiger charge is 2.34. The van der Waals surface area contributed by atoms with Gasteiger partial charge in [0.2, 0.25) is 0 Å². The molecule has 2 atom stereocenters. The molecule has 0 saturated carbocycles. The summed E-state index contributed by atoms with van der Waals surface area (Å²) in [6.45, 7) is 2.81. The fourth-order valence-corrected chi connectivity index (χ4v) is 4.03. The van der Waals surface area contributed by atoms with Gasteiger partial charge in [-0.15, -0.1) is 0 Å². The van der Waals surface area contributed by atoms with Crippen LogP contribution in [0.15, 0.2) is 48.5 Å². The van der Waals surface area contributed by atoms with Gasteiger partial charge in [0, 0.05) is 26.2 Å². The van der Waals surface area contributed by atoms with Gasteiger partial charge in [-0.3, -0.25) is 9.69 Å². The summed E-state index contributed by atoms with van der Waals surface area (Å²) in [5.74, 6) is 0.412. The first-order valence-electron chi connectivity index (χ1n) is 10.3. The van der Waals surface area contributed by atoms with E-state index in [1.165, 1.54) is 12.1 Å². The molecule has 2 aromatic carbocycles. The molecule has 4 rings (SSSR count). The second-order valence-electron chi connectivity index (χ2n) is 7.76. The van der Waals surface area contributed by atoms with Crippen molar-refractivity contribution in [3.8, 4) is 5.75 Å². The van der Waals surface area contributed by atoms with Gasteiger partial charge in [-0.1, -0.05) is 30.3 Å². The van der Waals surface area contributed by atoms with Gasteiger partial charge in [-0.05, 0) is 48.6 Å². The Morgan fingerprint density at radius 1 is 1.07 bits per heavy atom. The third-order valence-electron chi connectivity index (χ3n) is 5.51. The fourth-order valence-electron chi connectivity index (χ4n) is 4.03. The zero-order chi connectivity index (χ0) is 20.1. The first-order valence-corrected chi connectivity index (χ1v) is 10.3. The molecule has 2 heterocycles. The molecule has 2 aliphatic rings. The summed E-state index contributed by atoms with van der Waals surface area (Å²) in [7, 11) is 0. The molecule has 154 valence electrons. The number of likely N-dealkylation sites (tertiary alicyclic amines) is 1. The molecule has 29 heavy (non-hydrogen) atoms. The summed E-state index contributed by atoms with van der Waals surface area (Å²) in [6, 6.07) is 14.4. The summed E-state index contributed by atoms with van der Waals surface area (Å²) >= 11 is 0. The Labute approximate surface area is 170 Å². The largest absolute Gasteiger partial charge is 0.483 e. The average molecular weight is 398 g/mol. The average Bonchev–Trinajstić information content (AvgIpc) is 3.09. The molecule has 0 aliphatic carbocycles. The molecule has 1 fully saturated rings. The SMILES string of the molecule is O=C1COc2ccccc2CCCCO[C@H]2CN(Cc3ccc(F)cc3)C[C@@H]2N1. The van der Waals surface area contributed by atoms with Crippen molar-refractivity contribution in [3.63, 3.8) is 0 Å². The quantitative estimate of drug-likeness (QED) is 0.845. The Balaban J connectivity index is 1.41. The molecule has 1 saturated heterocycles. The standard InChI is InChI=1S/C23H27FN2O3/c24-19-10-8-17(9-11-19)13-26-14-20-22(15-26)28-12-4-3-6-18-5-1-2-7-21(18)29-16-23(27)25-20/h1-2,5,7-11,20,22H,3-4,6,12-16H2,(H,25,27)/t20-,22-/m0/s1. The van der Waals surface area contributed by atoms with Crippen LogP contribution < -0.4 is 10.1 Å². The lowest BCUT2D eigenvalue weighted by Crippen LogP contribution is -2.45. The third kappa shape index (κ3) is 5.34. The predicted molar refractivity (Wildman–Crippen MR) is 108 cm³/mol. The molecule has 2 aromatic rings. The van der Waals surface area contributed by atoms with Gasteiger partial charge < -0.3 is 14.8 Å². The van der Waals surface area contributed by atoms with Crippen molar-refractivity contribution >= 4 is 5.91 Å². The predicted octanol–water partition coefficient (Wildman–Crippen LogP) is 2.93. The number of ether oxygens (including phenoxy) is 2. The molecule has 0 unspecified atom stereocenters. The summed E-state index contributed by atoms with van der Waals surface area (Å²) in [5, 5.41) is 3.08. The van der Waals surface area contributed by atoms with Crippen molar-refractivity contribution in [2.75, 3.05) is 26.3 Å². The van der Waals surface area contributed by atoms with Crippen LogP contribution in [0, 0.1) is 5.82 Å². The number of benzene rings is 2. The van der Waals surface area contributed by atoms with Crippen molar-refractivity contribution in [2.24, 2.45) is 0 Å². The molecule has 1 amide bonds. The van der Waals surface area contributed by atoms with E-state index in [1.54, 1.807) is 12.1 Å². The Hall–Kier alpha value is -2.44. The molecule has 0 spiro atoms. The van der Waals surface area contributed by atoms with Gasteiger partial charge in [-0.2, -0.15) is 0 Å². The normalized spacial score (nSPS) is 23.6. The highest BCUT2D eigenvalue weighted by Crippen LogP contribution is 2.22. The summed E-state index contributed by atoms with van der Waals surface area (Å²) in [5.41, 5.74) is 2.18. The van der Waals surface area contributed by atoms with Crippen LogP contribution >= 0.6 is 0 Å². The third-order valence-corrected chi connectivity index (χ3v) is 5.51. The maximum Gasteiger partial charge on any atom is 0.258 e. The van der Waals surface area contributed by atoms with E-state index in [4.69, 9.17) is 9.47 Å². The molecule has 0 aromatic heterocycles. The summed E-state index contributed by atoms with van der Waals surface area (Å²) in [6.07, 6.45) is 2.83. The number of halogens is 1. The second-order valence-corrected chi connectivity index (χ2v) is 7.76. The van der Waals surface area contributed by atoms with E-state index in [2.05, 4.69) is 16.3 Å². The van der Waals surface area contributed by atoms with Gasteiger partial charge in [0.15, 0.2) is 6.61 Å². The minimum absolute atomic E-state index is 0.00179. The fraction of sp³-hybridized carbons (Fsp3) is 0.435. The van der Waals surface area contributed by atoms with E-state index in [0.717, 1.165) is 42.7 Å². The zero-order valence-electron chi connectivity index (χ0n) is 16.5. The number of fused-ring (bicyclic) bond motifs is 2. The van der Waals surface area contributed by atoms with Crippen molar-refractivity contribution in [2.45, 2.75) is 38.0 Å². The van der Waals surface area contributed by atoms with E-state index in [9.17, 15) is 9.18 Å². The molecule has 5 nitrogen and oxygen atoms in total. The number of nitrogens with zero attached hydrogens (tertiary/aromatic N) is 1. The Morgan fingerprint density at radius 2 is 1.90 bits per heavy atom. The van der Waals surface area contributed by atoms with E-state index < -0.39 is 0 Å². The monoisotopic (exact) mass is 398 g/mol. The van der Waals surface area contributed by atoms with Gasteiger partial charge in [0.25, 0.3) is 5.91 Å². The first-order chi connectivity index (χ1) is 14.2. The maximum absolute atomic E-state index is 13.1. The molecule has 2 aliphatic heterocycles. The van der Waals surface area contributed by atoms with Gasteiger partial charge in [0.05, 0.1) is 12.1 Å². The number of carbonyl (C=O) groups excluding carboxylic acids is 1. The van der Waals surface area contributed by atoms with Crippen molar-refractivity contribution in [1.29, 1.82) is 0 Å². The van der Waals surface area contributed by atoms with Crippen LogP contribution in [0.2, 0.25) is 0 Å². The minimum Gasteiger partial charge on any atom is -0.483 e. The topological polar surface area (TPSA) is 50.8 Å². The molecule has 6 heteroatoms. The highest BCUT2D eigenvalue weighted by atomic mass is 19.1. The van der Waals surface area contributed by atoms with Crippen LogP contribution in [-0.2, 0) is 22.5 Å². The molecular formula is C23H27FN2O3. The van der Waals surface area contributed by atoms with Crippen molar-refractivity contribution in [3.05, 3.63) is 65.5 Å². The van der Waals surface area contributed by atoms with Gasteiger partial charge in [-0.25, -0.2) is 4.39 Å². The number of para-hydroxylation sites is 1. The van der Waals surface area contributed by atoms with Crippen LogP contribution in [0.25, 0.3) is 0 Å². The van der Waals surface area contributed by atoms with Gasteiger partial charge >= 0.3 is 0 Å². The smallest absolute Gasteiger partial charge is 0.258 e. The number of amides is 1. The Morgan fingerprint density at radius 3 is 2.76 bits per heavy atom. The van der Waals surface area contributed by atoms with Crippen LogP contribution in [0.5, 0.6) is 5.75 Å². The Kier molecular flexibility index (Phi) is 6.42. The summed E-state index contributed by atoms with van der Waals surface area (Å²) < 4.78 is 25.1. The molecule has 0 bridgehead atoms. The van der Waals surface area contributed by atoms with Crippen molar-refractivity contribution in [1.82, 2.24) is 10.2 Å². The number of hydrogen-bond donors (Lipinski definition) is 1. The van der Waals surface area contributed by atoms with E-state index in [-0.39, 0.29) is 30.5 Å². The highest BCUT2D eigenvalue weighted by molar-refractivity contribution is 5.78. The number of nitrogens with one attached hydrogen (secondary N) is 1. The minimum atomic E-state index is -0.232. The first kappa shape index (κ1) is 19.9. The Bertz CT molecular complexity index is 827. The number of carbonyl (C=O) groups is 1. The van der Waals surface area contributed by atoms with E-state index in [1.807, 2.05) is 18.2 Å². The number of hydrogen-bond acceptors (Lipinski definition) is 4. The molecule has 0 radical (unpaired) electrons. The lowest BCUT2D eigenvalue weighted by molar-refractivity contribution is -0.124. The molecule has 1 N–H and O–H groups in total. The lowest BCUT2D eigenvalue weighted by atomic mass is 10.1. The van der Waals surface area contributed by atoms with Crippen molar-refractivity contribution < 1.29 is 18.7 Å². The summed E-state index contributed by atoms with van der Waals surface area (Å²) in [4.78, 5) is 14.7. The second kappa shape index (κ2) is 9.37.